The lowest BCUT2D eigenvalue weighted by Gasteiger charge is -2.15. The minimum atomic E-state index is -0.0433. The quantitative estimate of drug-likeness (QED) is 0.904. The minimum Gasteiger partial charge on any atom is -0.466 e. The molecule has 0 aliphatic carbocycles. The van der Waals surface area contributed by atoms with E-state index in [0.717, 1.165) is 17.1 Å². The number of amides is 1. The number of rotatable bonds is 3. The van der Waals surface area contributed by atoms with E-state index in [-0.39, 0.29) is 5.91 Å². The first-order valence-electron chi connectivity index (χ1n) is 5.81. The fourth-order valence-electron chi connectivity index (χ4n) is 1.98. The largest absolute Gasteiger partial charge is 0.466 e. The number of furan rings is 1. The van der Waals surface area contributed by atoms with Crippen LogP contribution in [0.5, 0.6) is 0 Å². The molecule has 1 N–H and O–H groups in total. The molecule has 0 aromatic carbocycles. The molecule has 2 rings (SSSR count). The van der Waals surface area contributed by atoms with Crippen LogP contribution in [0.15, 0.2) is 16.8 Å². The van der Waals surface area contributed by atoms with Gasteiger partial charge in [0.05, 0.1) is 12.1 Å². The van der Waals surface area contributed by atoms with Crippen molar-refractivity contribution in [3.05, 3.63) is 40.9 Å². The van der Waals surface area contributed by atoms with Crippen molar-refractivity contribution in [3.63, 3.8) is 0 Å². The summed E-state index contributed by atoms with van der Waals surface area (Å²) in [5.41, 5.74) is 1.56. The Morgan fingerprint density at radius 3 is 2.61 bits per heavy atom. The maximum atomic E-state index is 12.4. The second-order valence-corrected chi connectivity index (χ2v) is 4.41. The molecule has 0 bridgehead atoms. The van der Waals surface area contributed by atoms with Crippen LogP contribution in [0, 0.1) is 20.8 Å². The van der Waals surface area contributed by atoms with Crippen molar-refractivity contribution in [2.45, 2.75) is 27.3 Å². The summed E-state index contributed by atoms with van der Waals surface area (Å²) in [5.74, 6) is 2.18. The van der Waals surface area contributed by atoms with Crippen LogP contribution >= 0.6 is 0 Å². The highest BCUT2D eigenvalue weighted by Crippen LogP contribution is 2.22. The molecule has 18 heavy (non-hydrogen) atoms. The van der Waals surface area contributed by atoms with Gasteiger partial charge < -0.3 is 14.3 Å². The maximum Gasteiger partial charge on any atom is 0.257 e. The molecule has 2 aromatic heterocycles. The van der Waals surface area contributed by atoms with Gasteiger partial charge in [-0.1, -0.05) is 0 Å². The van der Waals surface area contributed by atoms with E-state index in [4.69, 9.17) is 4.42 Å². The lowest BCUT2D eigenvalue weighted by molar-refractivity contribution is 0.0779. The number of aromatic nitrogens is 2. The Kier molecular flexibility index (Phi) is 3.23. The standard InChI is InChI=1S/C13H17N3O2/c1-8-9(2)18-10(3)12(8)13(17)16(4)7-11-14-5-6-15-11/h5-6H,7H2,1-4H3,(H,14,15). The summed E-state index contributed by atoms with van der Waals surface area (Å²) in [6, 6.07) is 0. The molecule has 0 aliphatic rings. The topological polar surface area (TPSA) is 62.1 Å². The molecule has 5 nitrogen and oxygen atoms in total. The Bertz CT molecular complexity index is 555. The fourth-order valence-corrected chi connectivity index (χ4v) is 1.98. The van der Waals surface area contributed by atoms with E-state index in [0.29, 0.717) is 17.9 Å². The average Bonchev–Trinajstić information content (AvgIpc) is 2.88. The van der Waals surface area contributed by atoms with Gasteiger partial charge in [0, 0.05) is 25.0 Å². The number of carbonyl (C=O) groups excluding carboxylic acids is 1. The van der Waals surface area contributed by atoms with Crippen LogP contribution in [0.4, 0.5) is 0 Å². The molecular formula is C13H17N3O2. The van der Waals surface area contributed by atoms with E-state index in [1.807, 2.05) is 20.8 Å². The summed E-state index contributed by atoms with van der Waals surface area (Å²) in [7, 11) is 1.76. The van der Waals surface area contributed by atoms with Gasteiger partial charge in [-0.05, 0) is 20.8 Å². The smallest absolute Gasteiger partial charge is 0.257 e. The highest BCUT2D eigenvalue weighted by atomic mass is 16.3. The molecule has 0 spiro atoms. The summed E-state index contributed by atoms with van der Waals surface area (Å²) in [4.78, 5) is 21.1. The molecular weight excluding hydrogens is 230 g/mol. The van der Waals surface area contributed by atoms with Crippen LogP contribution in [0.3, 0.4) is 0 Å². The van der Waals surface area contributed by atoms with Crippen molar-refractivity contribution in [3.8, 4) is 0 Å². The monoisotopic (exact) mass is 247 g/mol. The van der Waals surface area contributed by atoms with E-state index in [9.17, 15) is 4.79 Å². The molecule has 2 aromatic rings. The summed E-state index contributed by atoms with van der Waals surface area (Å²) < 4.78 is 5.48. The number of aromatic amines is 1. The summed E-state index contributed by atoms with van der Waals surface area (Å²) in [6.07, 6.45) is 3.41. The first-order chi connectivity index (χ1) is 8.50. The van der Waals surface area contributed by atoms with Gasteiger partial charge in [0.1, 0.15) is 17.3 Å². The van der Waals surface area contributed by atoms with Crippen LogP contribution in [0.25, 0.3) is 0 Å². The molecule has 5 heteroatoms. The van der Waals surface area contributed by atoms with Gasteiger partial charge in [-0.25, -0.2) is 4.98 Å². The molecule has 0 unspecified atom stereocenters. The van der Waals surface area contributed by atoms with Crippen molar-refractivity contribution in [2.75, 3.05) is 7.05 Å². The Hall–Kier alpha value is -2.04. The predicted molar refractivity (Wildman–Crippen MR) is 67.3 cm³/mol. The molecule has 0 fully saturated rings. The lowest BCUT2D eigenvalue weighted by Crippen LogP contribution is -2.27. The first-order valence-corrected chi connectivity index (χ1v) is 5.81. The normalized spacial score (nSPS) is 10.7. The second kappa shape index (κ2) is 4.68. The number of aryl methyl sites for hydroxylation is 2. The molecule has 0 saturated carbocycles. The molecule has 0 saturated heterocycles. The number of H-pyrrole nitrogens is 1. The van der Waals surface area contributed by atoms with E-state index < -0.39 is 0 Å². The molecule has 0 aliphatic heterocycles. The van der Waals surface area contributed by atoms with Gasteiger partial charge in [0.15, 0.2) is 0 Å². The van der Waals surface area contributed by atoms with E-state index >= 15 is 0 Å². The van der Waals surface area contributed by atoms with Crippen LogP contribution in [0.1, 0.15) is 33.3 Å². The number of carbonyl (C=O) groups is 1. The summed E-state index contributed by atoms with van der Waals surface area (Å²) in [6.45, 7) is 6.04. The Labute approximate surface area is 106 Å². The zero-order valence-electron chi connectivity index (χ0n) is 11.1. The van der Waals surface area contributed by atoms with Crippen LogP contribution in [-0.4, -0.2) is 27.8 Å². The van der Waals surface area contributed by atoms with E-state index in [1.54, 1.807) is 24.3 Å². The van der Waals surface area contributed by atoms with Gasteiger partial charge in [-0.15, -0.1) is 0 Å². The van der Waals surface area contributed by atoms with Crippen molar-refractivity contribution < 1.29 is 9.21 Å². The maximum absolute atomic E-state index is 12.4. The van der Waals surface area contributed by atoms with Crippen LogP contribution in [-0.2, 0) is 6.54 Å². The zero-order chi connectivity index (χ0) is 13.3. The third-order valence-electron chi connectivity index (χ3n) is 3.06. The zero-order valence-corrected chi connectivity index (χ0v) is 11.1. The Morgan fingerprint density at radius 1 is 1.39 bits per heavy atom. The van der Waals surface area contributed by atoms with Crippen molar-refractivity contribution in [1.82, 2.24) is 14.9 Å². The van der Waals surface area contributed by atoms with E-state index in [1.165, 1.54) is 0 Å². The van der Waals surface area contributed by atoms with E-state index in [2.05, 4.69) is 9.97 Å². The molecule has 0 atom stereocenters. The van der Waals surface area contributed by atoms with Gasteiger partial charge in [-0.2, -0.15) is 0 Å². The fraction of sp³-hybridized carbons (Fsp3) is 0.385. The molecule has 1 amide bonds. The van der Waals surface area contributed by atoms with Gasteiger partial charge in [-0.3, -0.25) is 4.79 Å². The number of nitrogens with zero attached hydrogens (tertiary/aromatic N) is 2. The van der Waals surface area contributed by atoms with Crippen molar-refractivity contribution >= 4 is 5.91 Å². The van der Waals surface area contributed by atoms with Crippen LogP contribution in [0.2, 0.25) is 0 Å². The van der Waals surface area contributed by atoms with Crippen molar-refractivity contribution in [1.29, 1.82) is 0 Å². The highest BCUT2D eigenvalue weighted by molar-refractivity contribution is 5.96. The summed E-state index contributed by atoms with van der Waals surface area (Å²) >= 11 is 0. The first kappa shape index (κ1) is 12.4. The Morgan fingerprint density at radius 2 is 2.11 bits per heavy atom. The van der Waals surface area contributed by atoms with Gasteiger partial charge >= 0.3 is 0 Å². The number of hydrogen-bond donors (Lipinski definition) is 1. The van der Waals surface area contributed by atoms with Gasteiger partial charge in [0.2, 0.25) is 0 Å². The highest BCUT2D eigenvalue weighted by Gasteiger charge is 2.22. The number of hydrogen-bond acceptors (Lipinski definition) is 3. The van der Waals surface area contributed by atoms with Crippen LogP contribution < -0.4 is 0 Å². The molecule has 96 valence electrons. The lowest BCUT2D eigenvalue weighted by atomic mass is 10.1. The summed E-state index contributed by atoms with van der Waals surface area (Å²) in [5, 5.41) is 0. The number of nitrogens with one attached hydrogen (secondary N) is 1. The third-order valence-corrected chi connectivity index (χ3v) is 3.06. The SMILES string of the molecule is Cc1oc(C)c(C(=O)N(C)Cc2ncc[nH]2)c1C. The van der Waals surface area contributed by atoms with Gasteiger partial charge in [0.25, 0.3) is 5.91 Å². The van der Waals surface area contributed by atoms with Crippen molar-refractivity contribution in [2.24, 2.45) is 0 Å². The predicted octanol–water partition coefficient (Wildman–Crippen LogP) is 2.20. The molecule has 2 heterocycles. The number of imidazole rings is 1. The molecule has 0 radical (unpaired) electrons. The third kappa shape index (κ3) is 2.16. The average molecular weight is 247 g/mol. The second-order valence-electron chi connectivity index (χ2n) is 4.41. The Balaban J connectivity index is 2.20. The minimum absolute atomic E-state index is 0.0433.